The predicted molar refractivity (Wildman–Crippen MR) is 134 cm³/mol. The summed E-state index contributed by atoms with van der Waals surface area (Å²) < 4.78 is 15.4. The maximum Gasteiger partial charge on any atom is 0.337 e. The molecule has 182 valence electrons. The Morgan fingerprint density at radius 1 is 0.889 bits per heavy atom. The van der Waals surface area contributed by atoms with Gasteiger partial charge in [0.05, 0.1) is 19.8 Å². The van der Waals surface area contributed by atoms with Gasteiger partial charge in [-0.05, 0) is 60.7 Å². The average Bonchev–Trinajstić information content (AvgIpc) is 2.91. The molecule has 2 N–H and O–H groups in total. The second kappa shape index (κ2) is 12.4. The molecule has 36 heavy (non-hydrogen) atoms. The van der Waals surface area contributed by atoms with Crippen LogP contribution in [-0.4, -0.2) is 38.6 Å². The lowest BCUT2D eigenvalue weighted by Crippen LogP contribution is -2.20. The molecule has 3 aromatic rings. The van der Waals surface area contributed by atoms with Gasteiger partial charge in [0.15, 0.2) is 6.61 Å². The smallest absolute Gasteiger partial charge is 0.337 e. The summed E-state index contributed by atoms with van der Waals surface area (Å²) in [5.74, 6) is -0.534. The number of amides is 2. The Balaban J connectivity index is 1.66. The van der Waals surface area contributed by atoms with Crippen LogP contribution >= 0.6 is 0 Å². The molecule has 0 unspecified atom stereocenters. The molecule has 2 amide bonds. The Morgan fingerprint density at radius 2 is 1.53 bits per heavy atom. The number of carbonyl (C=O) groups excluding carboxylic acids is 3. The molecule has 3 aromatic carbocycles. The number of rotatable bonds is 9. The molecule has 0 atom stereocenters. The summed E-state index contributed by atoms with van der Waals surface area (Å²) in [5, 5.41) is 14.9. The topological polar surface area (TPSA) is 127 Å². The highest BCUT2D eigenvalue weighted by Crippen LogP contribution is 2.22. The van der Waals surface area contributed by atoms with Crippen molar-refractivity contribution in [1.29, 1.82) is 5.26 Å². The predicted octanol–water partition coefficient (Wildman–Crippen LogP) is 4.04. The molecule has 0 aliphatic carbocycles. The van der Waals surface area contributed by atoms with Gasteiger partial charge in [0, 0.05) is 16.9 Å². The summed E-state index contributed by atoms with van der Waals surface area (Å²) in [6.45, 7) is -0.280. The first-order valence-corrected chi connectivity index (χ1v) is 10.7. The van der Waals surface area contributed by atoms with Crippen molar-refractivity contribution < 1.29 is 28.6 Å². The Labute approximate surface area is 207 Å². The highest BCUT2D eigenvalue weighted by Gasteiger charge is 2.13. The number of nitrogens with one attached hydrogen (secondary N) is 2. The first-order valence-electron chi connectivity index (χ1n) is 10.7. The second-order valence-corrected chi connectivity index (χ2v) is 7.30. The molecule has 0 aliphatic rings. The van der Waals surface area contributed by atoms with Crippen LogP contribution in [0.15, 0.2) is 78.4 Å². The molecule has 0 spiro atoms. The highest BCUT2D eigenvalue weighted by atomic mass is 16.5. The number of esters is 1. The Kier molecular flexibility index (Phi) is 8.78. The van der Waals surface area contributed by atoms with Crippen molar-refractivity contribution >= 4 is 35.2 Å². The van der Waals surface area contributed by atoms with Gasteiger partial charge in [0.1, 0.15) is 23.1 Å². The monoisotopic (exact) mass is 485 g/mol. The molecule has 3 rings (SSSR count). The van der Waals surface area contributed by atoms with E-state index in [1.807, 2.05) is 6.07 Å². The summed E-state index contributed by atoms with van der Waals surface area (Å²) in [6.07, 6.45) is 1.37. The van der Waals surface area contributed by atoms with E-state index in [0.29, 0.717) is 34.0 Å². The van der Waals surface area contributed by atoms with Gasteiger partial charge in [0.2, 0.25) is 0 Å². The maximum absolute atomic E-state index is 12.6. The minimum absolute atomic E-state index is 0.175. The van der Waals surface area contributed by atoms with E-state index in [2.05, 4.69) is 15.4 Å². The van der Waals surface area contributed by atoms with Gasteiger partial charge in [-0.15, -0.1) is 0 Å². The van der Waals surface area contributed by atoms with Crippen LogP contribution < -0.4 is 20.1 Å². The Bertz CT molecular complexity index is 1310. The van der Waals surface area contributed by atoms with E-state index < -0.39 is 11.9 Å². The van der Waals surface area contributed by atoms with E-state index in [-0.39, 0.29) is 18.1 Å². The number of hydrogen-bond acceptors (Lipinski definition) is 7. The molecule has 0 aliphatic heterocycles. The Hall–Kier alpha value is -5.10. The number of para-hydroxylation sites is 1. The number of nitrogens with zero attached hydrogens (tertiary/aromatic N) is 1. The Morgan fingerprint density at radius 3 is 2.17 bits per heavy atom. The van der Waals surface area contributed by atoms with Crippen molar-refractivity contribution in [3.05, 3.63) is 89.5 Å². The molecule has 0 bridgehead atoms. The highest BCUT2D eigenvalue weighted by molar-refractivity contribution is 6.10. The van der Waals surface area contributed by atoms with Gasteiger partial charge >= 0.3 is 5.97 Å². The summed E-state index contributed by atoms with van der Waals surface area (Å²) >= 11 is 0. The fourth-order valence-corrected chi connectivity index (χ4v) is 3.06. The van der Waals surface area contributed by atoms with Crippen molar-refractivity contribution in [2.45, 2.75) is 0 Å². The van der Waals surface area contributed by atoms with E-state index in [9.17, 15) is 19.6 Å². The van der Waals surface area contributed by atoms with Crippen LogP contribution in [0.3, 0.4) is 0 Å². The second-order valence-electron chi connectivity index (χ2n) is 7.30. The van der Waals surface area contributed by atoms with E-state index in [1.54, 1.807) is 55.6 Å². The lowest BCUT2D eigenvalue weighted by molar-refractivity contribution is -0.118. The van der Waals surface area contributed by atoms with Crippen molar-refractivity contribution in [3.63, 3.8) is 0 Å². The van der Waals surface area contributed by atoms with E-state index in [0.717, 1.165) is 0 Å². The first-order chi connectivity index (χ1) is 17.4. The van der Waals surface area contributed by atoms with Crippen LogP contribution in [0.5, 0.6) is 11.5 Å². The fraction of sp³-hybridized carbons (Fsp3) is 0.111. The van der Waals surface area contributed by atoms with E-state index in [1.165, 1.54) is 37.5 Å². The van der Waals surface area contributed by atoms with Crippen LogP contribution in [0.4, 0.5) is 11.4 Å². The number of methoxy groups -OCH3 is 2. The lowest BCUT2D eigenvalue weighted by Gasteiger charge is -2.11. The average molecular weight is 485 g/mol. The summed E-state index contributed by atoms with van der Waals surface area (Å²) in [7, 11) is 2.83. The summed E-state index contributed by atoms with van der Waals surface area (Å²) in [5.41, 5.74) is 1.58. The van der Waals surface area contributed by atoms with Crippen LogP contribution in [-0.2, 0) is 14.3 Å². The molecule has 9 heteroatoms. The van der Waals surface area contributed by atoms with Gasteiger partial charge in [0.25, 0.3) is 11.8 Å². The van der Waals surface area contributed by atoms with E-state index >= 15 is 0 Å². The van der Waals surface area contributed by atoms with Crippen molar-refractivity contribution in [2.24, 2.45) is 0 Å². The molecule has 0 aromatic heterocycles. The number of hydrogen-bond donors (Lipinski definition) is 2. The minimum Gasteiger partial charge on any atom is -0.497 e. The fourth-order valence-electron chi connectivity index (χ4n) is 3.06. The SMILES string of the molecule is COC(=O)c1ccc(NC(=O)/C(C#N)=C\c2ccccc2OCC(=O)Nc2ccc(OC)cc2)cc1. The summed E-state index contributed by atoms with van der Waals surface area (Å²) in [4.78, 5) is 36.5. The maximum atomic E-state index is 12.6. The molecule has 0 radical (unpaired) electrons. The minimum atomic E-state index is -0.643. The first kappa shape index (κ1) is 25.5. The zero-order valence-corrected chi connectivity index (χ0v) is 19.6. The van der Waals surface area contributed by atoms with Crippen LogP contribution in [0.25, 0.3) is 6.08 Å². The summed E-state index contributed by atoms with van der Waals surface area (Å²) in [6, 6.07) is 21.5. The third-order valence-electron chi connectivity index (χ3n) is 4.88. The van der Waals surface area contributed by atoms with Gasteiger partial charge in [-0.25, -0.2) is 4.79 Å². The van der Waals surface area contributed by atoms with E-state index in [4.69, 9.17) is 9.47 Å². The van der Waals surface area contributed by atoms with Gasteiger partial charge in [-0.3, -0.25) is 9.59 Å². The van der Waals surface area contributed by atoms with Crippen molar-refractivity contribution in [3.8, 4) is 17.6 Å². The molecular weight excluding hydrogens is 462 g/mol. The van der Waals surface area contributed by atoms with Gasteiger partial charge in [-0.2, -0.15) is 5.26 Å². The van der Waals surface area contributed by atoms with Gasteiger partial charge < -0.3 is 24.8 Å². The number of nitriles is 1. The zero-order chi connectivity index (χ0) is 25.9. The van der Waals surface area contributed by atoms with Crippen LogP contribution in [0, 0.1) is 11.3 Å². The van der Waals surface area contributed by atoms with Crippen molar-refractivity contribution in [1.82, 2.24) is 0 Å². The van der Waals surface area contributed by atoms with Crippen molar-refractivity contribution in [2.75, 3.05) is 31.5 Å². The molecule has 0 heterocycles. The largest absolute Gasteiger partial charge is 0.497 e. The number of carbonyl (C=O) groups is 3. The molecule has 0 saturated carbocycles. The van der Waals surface area contributed by atoms with Crippen LogP contribution in [0.1, 0.15) is 15.9 Å². The quantitative estimate of drug-likeness (QED) is 0.266. The lowest BCUT2D eigenvalue weighted by atomic mass is 10.1. The molecular formula is C27H23N3O6. The van der Waals surface area contributed by atoms with Crippen LogP contribution in [0.2, 0.25) is 0 Å². The number of benzene rings is 3. The standard InChI is InChI=1S/C27H23N3O6/c1-34-23-13-11-21(12-14-23)29-25(31)17-36-24-6-4-3-5-19(24)15-20(16-28)26(32)30-22-9-7-18(8-10-22)27(33)35-2/h3-15H,17H2,1-2H3,(H,29,31)(H,30,32)/b20-15-. The molecule has 0 saturated heterocycles. The van der Waals surface area contributed by atoms with Gasteiger partial charge in [-0.1, -0.05) is 18.2 Å². The third kappa shape index (κ3) is 6.95. The zero-order valence-electron chi connectivity index (χ0n) is 19.6. The molecule has 0 fully saturated rings. The third-order valence-corrected chi connectivity index (χ3v) is 4.88. The molecule has 9 nitrogen and oxygen atoms in total. The number of anilines is 2. The normalized spacial score (nSPS) is 10.5. The number of ether oxygens (including phenoxy) is 3.